The van der Waals surface area contributed by atoms with Gasteiger partial charge in [0.25, 0.3) is 0 Å². The average Bonchev–Trinajstić information content (AvgIpc) is 2.35. The standard InChI is InChI=1S/C16H25O/c1-2-3-4-5-6-10-13-16(17)14-15-11-8-7-9-12-15/h7-9,11-12,14,16-17H,2-6,10,13H2,1H3. The lowest BCUT2D eigenvalue weighted by Crippen LogP contribution is -2.07. The van der Waals surface area contributed by atoms with Gasteiger partial charge < -0.3 is 5.11 Å². The Hall–Kier alpha value is -0.820. The number of benzene rings is 1. The van der Waals surface area contributed by atoms with Gasteiger partial charge in [-0.25, -0.2) is 0 Å². The first kappa shape index (κ1) is 14.2. The summed E-state index contributed by atoms with van der Waals surface area (Å²) in [6, 6.07) is 10.1. The number of aliphatic hydroxyl groups excluding tert-OH is 1. The van der Waals surface area contributed by atoms with E-state index in [0.29, 0.717) is 0 Å². The van der Waals surface area contributed by atoms with Gasteiger partial charge in [-0.1, -0.05) is 75.8 Å². The van der Waals surface area contributed by atoms with Crippen molar-refractivity contribution in [2.24, 2.45) is 0 Å². The maximum Gasteiger partial charge on any atom is 0.0615 e. The Morgan fingerprint density at radius 3 is 2.35 bits per heavy atom. The van der Waals surface area contributed by atoms with Crippen LogP contribution < -0.4 is 0 Å². The lowest BCUT2D eigenvalue weighted by atomic mass is 10.0. The summed E-state index contributed by atoms with van der Waals surface area (Å²) in [5.41, 5.74) is 1.12. The maximum absolute atomic E-state index is 9.85. The van der Waals surface area contributed by atoms with Crippen molar-refractivity contribution < 1.29 is 5.11 Å². The van der Waals surface area contributed by atoms with Crippen LogP contribution in [0.1, 0.15) is 57.4 Å². The van der Waals surface area contributed by atoms with Gasteiger partial charge in [0.15, 0.2) is 0 Å². The summed E-state index contributed by atoms with van der Waals surface area (Å²) in [5.74, 6) is 0. The fourth-order valence-electron chi connectivity index (χ4n) is 2.00. The molecule has 0 aliphatic rings. The van der Waals surface area contributed by atoms with E-state index >= 15 is 0 Å². The fraction of sp³-hybridized carbons (Fsp3) is 0.562. The summed E-state index contributed by atoms with van der Waals surface area (Å²) in [7, 11) is 0. The molecule has 0 aliphatic carbocycles. The highest BCUT2D eigenvalue weighted by atomic mass is 16.3. The Bertz CT molecular complexity index is 268. The zero-order valence-corrected chi connectivity index (χ0v) is 10.9. The summed E-state index contributed by atoms with van der Waals surface area (Å²) < 4.78 is 0. The average molecular weight is 233 g/mol. The molecule has 95 valence electrons. The first-order chi connectivity index (χ1) is 8.33. The van der Waals surface area contributed by atoms with Crippen molar-refractivity contribution in [2.75, 3.05) is 0 Å². The molecule has 1 atom stereocenters. The van der Waals surface area contributed by atoms with Gasteiger partial charge in [-0.2, -0.15) is 0 Å². The lowest BCUT2D eigenvalue weighted by molar-refractivity contribution is 0.195. The van der Waals surface area contributed by atoms with Crippen molar-refractivity contribution in [2.45, 2.75) is 58.0 Å². The smallest absolute Gasteiger partial charge is 0.0615 e. The molecule has 1 aromatic rings. The SMILES string of the molecule is CCCCCCCCC(O)[CH]c1ccccc1. The molecule has 0 fully saturated rings. The van der Waals surface area contributed by atoms with Crippen molar-refractivity contribution in [3.05, 3.63) is 42.3 Å². The minimum atomic E-state index is -0.288. The molecule has 1 nitrogen and oxygen atoms in total. The molecule has 1 rings (SSSR count). The Morgan fingerprint density at radius 1 is 1.00 bits per heavy atom. The van der Waals surface area contributed by atoms with Crippen LogP contribution in [0.2, 0.25) is 0 Å². The number of aliphatic hydroxyl groups is 1. The topological polar surface area (TPSA) is 20.2 Å². The van der Waals surface area contributed by atoms with Crippen LogP contribution in [-0.4, -0.2) is 11.2 Å². The van der Waals surface area contributed by atoms with Crippen LogP contribution in [0.15, 0.2) is 30.3 Å². The van der Waals surface area contributed by atoms with E-state index in [1.807, 2.05) is 36.8 Å². The van der Waals surface area contributed by atoms with E-state index in [1.165, 1.54) is 32.1 Å². The molecule has 0 amide bonds. The minimum absolute atomic E-state index is 0.288. The Labute approximate surface area is 106 Å². The summed E-state index contributed by atoms with van der Waals surface area (Å²) >= 11 is 0. The second-order valence-electron chi connectivity index (χ2n) is 4.70. The van der Waals surface area contributed by atoms with Crippen LogP contribution in [0, 0.1) is 6.42 Å². The molecule has 1 heteroatoms. The van der Waals surface area contributed by atoms with E-state index in [0.717, 1.165) is 18.4 Å². The zero-order valence-electron chi connectivity index (χ0n) is 10.9. The largest absolute Gasteiger partial charge is 0.392 e. The third-order valence-corrected chi connectivity index (χ3v) is 3.04. The molecule has 1 N–H and O–H groups in total. The van der Waals surface area contributed by atoms with Gasteiger partial charge in [-0.15, -0.1) is 0 Å². The molecule has 0 aromatic heterocycles. The van der Waals surface area contributed by atoms with Crippen LogP contribution in [0.25, 0.3) is 0 Å². The predicted octanol–water partition coefficient (Wildman–Crippen LogP) is 4.35. The van der Waals surface area contributed by atoms with Crippen molar-refractivity contribution in [3.8, 4) is 0 Å². The van der Waals surface area contributed by atoms with E-state index in [2.05, 4.69) is 6.92 Å². The summed E-state index contributed by atoms with van der Waals surface area (Å²) in [6.07, 6.45) is 10.2. The Morgan fingerprint density at radius 2 is 1.65 bits per heavy atom. The first-order valence-corrected chi connectivity index (χ1v) is 6.91. The normalized spacial score (nSPS) is 12.6. The molecule has 0 aliphatic heterocycles. The fourth-order valence-corrected chi connectivity index (χ4v) is 2.00. The zero-order chi connectivity index (χ0) is 12.3. The Kier molecular flexibility index (Phi) is 7.74. The number of rotatable bonds is 9. The molecule has 1 unspecified atom stereocenters. The van der Waals surface area contributed by atoms with Gasteiger partial charge in [0.05, 0.1) is 6.10 Å². The van der Waals surface area contributed by atoms with Crippen LogP contribution in [-0.2, 0) is 0 Å². The van der Waals surface area contributed by atoms with Gasteiger partial charge in [0.1, 0.15) is 0 Å². The highest BCUT2D eigenvalue weighted by Crippen LogP contribution is 2.13. The quantitative estimate of drug-likeness (QED) is 0.629. The van der Waals surface area contributed by atoms with Gasteiger partial charge in [-0.05, 0) is 12.0 Å². The van der Waals surface area contributed by atoms with Crippen LogP contribution in [0.5, 0.6) is 0 Å². The summed E-state index contributed by atoms with van der Waals surface area (Å²) in [4.78, 5) is 0. The van der Waals surface area contributed by atoms with Gasteiger partial charge in [0.2, 0.25) is 0 Å². The Balaban J connectivity index is 2.03. The van der Waals surface area contributed by atoms with Crippen molar-refractivity contribution >= 4 is 0 Å². The molecular formula is C16H25O. The minimum Gasteiger partial charge on any atom is -0.392 e. The number of unbranched alkanes of at least 4 members (excludes halogenated alkanes) is 5. The van der Waals surface area contributed by atoms with Crippen molar-refractivity contribution in [1.82, 2.24) is 0 Å². The third kappa shape index (κ3) is 7.17. The number of hydrogen-bond acceptors (Lipinski definition) is 1. The highest BCUT2D eigenvalue weighted by Gasteiger charge is 2.05. The van der Waals surface area contributed by atoms with E-state index in [1.54, 1.807) is 0 Å². The second-order valence-corrected chi connectivity index (χ2v) is 4.70. The monoisotopic (exact) mass is 233 g/mol. The van der Waals surface area contributed by atoms with Gasteiger partial charge in [0, 0.05) is 6.42 Å². The van der Waals surface area contributed by atoms with Crippen molar-refractivity contribution in [3.63, 3.8) is 0 Å². The molecule has 0 bridgehead atoms. The molecule has 0 heterocycles. The molecule has 0 saturated carbocycles. The molecule has 1 aromatic carbocycles. The molecule has 17 heavy (non-hydrogen) atoms. The lowest BCUT2D eigenvalue weighted by Gasteiger charge is -2.09. The van der Waals surface area contributed by atoms with Crippen molar-refractivity contribution in [1.29, 1.82) is 0 Å². The molecule has 0 saturated heterocycles. The molecular weight excluding hydrogens is 208 g/mol. The van der Waals surface area contributed by atoms with E-state index in [-0.39, 0.29) is 6.10 Å². The van der Waals surface area contributed by atoms with E-state index < -0.39 is 0 Å². The third-order valence-electron chi connectivity index (χ3n) is 3.04. The predicted molar refractivity (Wildman–Crippen MR) is 73.8 cm³/mol. The van der Waals surface area contributed by atoms with Crippen LogP contribution >= 0.6 is 0 Å². The highest BCUT2D eigenvalue weighted by molar-refractivity contribution is 5.23. The summed E-state index contributed by atoms with van der Waals surface area (Å²) in [6.45, 7) is 2.23. The maximum atomic E-state index is 9.85. The van der Waals surface area contributed by atoms with E-state index in [4.69, 9.17) is 0 Å². The molecule has 0 spiro atoms. The van der Waals surface area contributed by atoms with Crippen LogP contribution in [0.3, 0.4) is 0 Å². The van der Waals surface area contributed by atoms with Gasteiger partial charge in [-0.3, -0.25) is 0 Å². The summed E-state index contributed by atoms with van der Waals surface area (Å²) in [5, 5.41) is 9.85. The second kappa shape index (κ2) is 9.23. The number of hydrogen-bond donors (Lipinski definition) is 1. The van der Waals surface area contributed by atoms with E-state index in [9.17, 15) is 5.11 Å². The first-order valence-electron chi connectivity index (χ1n) is 6.91. The molecule has 1 radical (unpaired) electrons. The van der Waals surface area contributed by atoms with Gasteiger partial charge >= 0.3 is 0 Å². The van der Waals surface area contributed by atoms with Crippen LogP contribution in [0.4, 0.5) is 0 Å².